The van der Waals surface area contributed by atoms with E-state index in [4.69, 9.17) is 0 Å². The SMILES string of the molecule is CCCCCCCCSc1cc2c(-c3ccccc3)c3cc(SCCCCCCCC)c(SCCCCCCCC)cc3c(-c3ccccc3)c2cc1SCCCCCCCC. The van der Waals surface area contributed by atoms with Crippen molar-refractivity contribution >= 4 is 68.6 Å². The summed E-state index contributed by atoms with van der Waals surface area (Å²) in [5.41, 5.74) is 5.50. The molecule has 0 nitrogen and oxygen atoms in total. The Kier molecular flexibility index (Phi) is 25.5. The van der Waals surface area contributed by atoms with Gasteiger partial charge in [0.05, 0.1) is 0 Å². The first-order valence-corrected chi connectivity index (χ1v) is 29.4. The van der Waals surface area contributed by atoms with E-state index in [1.807, 2.05) is 0 Å². The minimum Gasteiger partial charge on any atom is -0.125 e. The smallest absolute Gasteiger partial charge is 0.0215 e. The van der Waals surface area contributed by atoms with Crippen molar-refractivity contribution in [1.82, 2.24) is 0 Å². The van der Waals surface area contributed by atoms with Gasteiger partial charge in [-0.15, -0.1) is 47.0 Å². The summed E-state index contributed by atoms with van der Waals surface area (Å²) in [6, 6.07) is 33.4. The van der Waals surface area contributed by atoms with Gasteiger partial charge in [-0.25, -0.2) is 0 Å². The summed E-state index contributed by atoms with van der Waals surface area (Å²) in [6.45, 7) is 9.28. The van der Waals surface area contributed by atoms with Gasteiger partial charge in [0.2, 0.25) is 0 Å². The zero-order chi connectivity index (χ0) is 43.5. The van der Waals surface area contributed by atoms with E-state index < -0.39 is 0 Å². The Hall–Kier alpha value is -1.98. The molecule has 0 saturated carbocycles. The maximum atomic E-state index is 2.64. The quantitative estimate of drug-likeness (QED) is 0.0229. The minimum absolute atomic E-state index is 1.19. The summed E-state index contributed by atoms with van der Waals surface area (Å²) in [4.78, 5) is 5.95. The Morgan fingerprint density at radius 2 is 0.500 bits per heavy atom. The van der Waals surface area contributed by atoms with Crippen LogP contribution in [0.1, 0.15) is 182 Å². The van der Waals surface area contributed by atoms with E-state index in [-0.39, 0.29) is 0 Å². The second kappa shape index (κ2) is 31.0. The number of rotatable bonds is 34. The summed E-state index contributed by atoms with van der Waals surface area (Å²) in [5.74, 6) is 4.78. The van der Waals surface area contributed by atoms with Crippen molar-refractivity contribution in [1.29, 1.82) is 0 Å². The van der Waals surface area contributed by atoms with E-state index in [9.17, 15) is 0 Å². The Labute approximate surface area is 397 Å². The maximum Gasteiger partial charge on any atom is 0.0215 e. The molecule has 5 rings (SSSR count). The summed E-state index contributed by atoms with van der Waals surface area (Å²) < 4.78 is 0. The molecule has 0 aromatic heterocycles. The van der Waals surface area contributed by atoms with Gasteiger partial charge in [-0.05, 0) is 117 Å². The third-order valence-electron chi connectivity index (χ3n) is 12.4. The highest BCUT2D eigenvalue weighted by atomic mass is 32.2. The van der Waals surface area contributed by atoms with Crippen LogP contribution in [0.5, 0.6) is 0 Å². The van der Waals surface area contributed by atoms with Gasteiger partial charge in [0.15, 0.2) is 0 Å². The minimum atomic E-state index is 1.19. The lowest BCUT2D eigenvalue weighted by atomic mass is 9.86. The largest absolute Gasteiger partial charge is 0.125 e. The summed E-state index contributed by atoms with van der Waals surface area (Å²) >= 11 is 8.51. The van der Waals surface area contributed by atoms with Crippen LogP contribution < -0.4 is 0 Å². The number of fused-ring (bicyclic) bond motifs is 2. The van der Waals surface area contributed by atoms with Gasteiger partial charge in [-0.2, -0.15) is 0 Å². The molecule has 5 aromatic carbocycles. The van der Waals surface area contributed by atoms with Crippen molar-refractivity contribution in [2.75, 3.05) is 23.0 Å². The zero-order valence-electron chi connectivity index (χ0n) is 39.5. The molecule has 0 fully saturated rings. The van der Waals surface area contributed by atoms with E-state index in [0.717, 1.165) is 0 Å². The predicted octanol–water partition coefficient (Wildman–Crippen LogP) is 21.1. The van der Waals surface area contributed by atoms with Crippen LogP contribution in [0.15, 0.2) is 105 Å². The molecule has 0 aliphatic rings. The topological polar surface area (TPSA) is 0 Å². The third-order valence-corrected chi connectivity index (χ3v) is 17.2. The lowest BCUT2D eigenvalue weighted by molar-refractivity contribution is 0.626. The number of hydrogen-bond acceptors (Lipinski definition) is 4. The van der Waals surface area contributed by atoms with Crippen LogP contribution in [0, 0.1) is 0 Å². The normalized spacial score (nSPS) is 11.7. The highest BCUT2D eigenvalue weighted by Gasteiger charge is 2.22. The van der Waals surface area contributed by atoms with E-state index >= 15 is 0 Å². The van der Waals surface area contributed by atoms with Crippen LogP contribution in [0.25, 0.3) is 43.8 Å². The number of thioether (sulfide) groups is 4. The number of hydrogen-bond donors (Lipinski definition) is 0. The van der Waals surface area contributed by atoms with Crippen molar-refractivity contribution in [2.24, 2.45) is 0 Å². The van der Waals surface area contributed by atoms with E-state index in [1.54, 1.807) is 0 Å². The molecule has 0 aliphatic carbocycles. The van der Waals surface area contributed by atoms with Gasteiger partial charge < -0.3 is 0 Å². The molecule has 0 bridgehead atoms. The van der Waals surface area contributed by atoms with Gasteiger partial charge in [-0.3, -0.25) is 0 Å². The Balaban J connectivity index is 1.64. The monoisotopic (exact) mass is 907 g/mol. The number of unbranched alkanes of at least 4 members (excludes halogenated alkanes) is 20. The van der Waals surface area contributed by atoms with E-state index in [0.29, 0.717) is 0 Å². The molecule has 0 N–H and O–H groups in total. The average Bonchev–Trinajstić information content (AvgIpc) is 3.30. The summed E-state index contributed by atoms with van der Waals surface area (Å²) in [6.07, 6.45) is 32.3. The maximum absolute atomic E-state index is 2.64. The second-order valence-electron chi connectivity index (χ2n) is 17.6. The van der Waals surface area contributed by atoms with Crippen LogP contribution in [0.4, 0.5) is 0 Å². The predicted molar refractivity (Wildman–Crippen MR) is 289 cm³/mol. The van der Waals surface area contributed by atoms with Crippen LogP contribution in [0.2, 0.25) is 0 Å². The Morgan fingerprint density at radius 3 is 0.742 bits per heavy atom. The molecule has 0 atom stereocenters. The van der Waals surface area contributed by atoms with Crippen LogP contribution >= 0.6 is 47.0 Å². The molecular formula is C58H82S4. The fourth-order valence-electron chi connectivity index (χ4n) is 8.78. The molecule has 4 heteroatoms. The highest BCUT2D eigenvalue weighted by molar-refractivity contribution is 8.02. The Bertz CT molecular complexity index is 1710. The molecule has 0 spiro atoms. The molecule has 338 valence electrons. The second-order valence-corrected chi connectivity index (χ2v) is 22.2. The van der Waals surface area contributed by atoms with Crippen molar-refractivity contribution in [3.05, 3.63) is 84.9 Å². The van der Waals surface area contributed by atoms with E-state index in [2.05, 4.69) is 160 Å². The number of benzene rings is 5. The summed E-state index contributed by atoms with van der Waals surface area (Å²) in [5, 5.41) is 5.65. The van der Waals surface area contributed by atoms with Gasteiger partial charge in [-0.1, -0.05) is 217 Å². The third kappa shape index (κ3) is 16.8. The molecule has 0 amide bonds. The molecule has 0 radical (unpaired) electrons. The van der Waals surface area contributed by atoms with Crippen molar-refractivity contribution in [3.8, 4) is 22.3 Å². The molecule has 0 unspecified atom stereocenters. The lowest BCUT2D eigenvalue weighted by Crippen LogP contribution is -1.96. The van der Waals surface area contributed by atoms with Gasteiger partial charge >= 0.3 is 0 Å². The molecule has 62 heavy (non-hydrogen) atoms. The summed E-state index contributed by atoms with van der Waals surface area (Å²) in [7, 11) is 0. The first kappa shape index (κ1) is 51.0. The van der Waals surface area contributed by atoms with Crippen molar-refractivity contribution in [3.63, 3.8) is 0 Å². The van der Waals surface area contributed by atoms with Crippen molar-refractivity contribution < 1.29 is 0 Å². The molecule has 0 aliphatic heterocycles. The van der Waals surface area contributed by atoms with Crippen LogP contribution in [0.3, 0.4) is 0 Å². The molecule has 5 aromatic rings. The van der Waals surface area contributed by atoms with Crippen LogP contribution in [-0.4, -0.2) is 23.0 Å². The zero-order valence-corrected chi connectivity index (χ0v) is 42.8. The van der Waals surface area contributed by atoms with E-state index in [1.165, 1.54) is 240 Å². The molecule has 0 heterocycles. The van der Waals surface area contributed by atoms with Crippen molar-refractivity contribution in [2.45, 2.75) is 201 Å². The first-order chi connectivity index (χ1) is 30.7. The fraction of sp³-hybridized carbons (Fsp3) is 0.552. The standard InChI is InChI=1S/C58H82S4/c1-5-9-13-17-21-31-39-59-53-43-49-50(44-54(53)60-40-32-22-18-14-10-6-2)58(48-37-29-26-30-38-48)52-46-56(62-42-34-24-20-16-12-8-4)55(61-41-33-23-19-15-11-7-3)45-51(52)57(49)47-35-27-25-28-36-47/h25-30,35-38,43-46H,5-24,31-34,39-42H2,1-4H3. The van der Waals surface area contributed by atoms with Gasteiger partial charge in [0.25, 0.3) is 0 Å². The lowest BCUT2D eigenvalue weighted by Gasteiger charge is -2.22. The van der Waals surface area contributed by atoms with Crippen LogP contribution in [-0.2, 0) is 0 Å². The fourth-order valence-corrected chi connectivity index (χ4v) is 13.4. The highest BCUT2D eigenvalue weighted by Crippen LogP contribution is 2.49. The molecular weight excluding hydrogens is 825 g/mol. The van der Waals surface area contributed by atoms with Gasteiger partial charge in [0.1, 0.15) is 0 Å². The first-order valence-electron chi connectivity index (χ1n) is 25.4. The molecule has 0 saturated heterocycles. The van der Waals surface area contributed by atoms with Gasteiger partial charge in [0, 0.05) is 19.6 Å². The Morgan fingerprint density at radius 1 is 0.274 bits per heavy atom. The average molecular weight is 908 g/mol.